The van der Waals surface area contributed by atoms with Crippen molar-refractivity contribution in [3.8, 4) is 0 Å². The smallest absolute Gasteiger partial charge is 0.109 e. The molecule has 1 unspecified atom stereocenters. The fraction of sp³-hybridized carbons (Fsp3) is 0.500. The van der Waals surface area contributed by atoms with Crippen LogP contribution in [-0.4, -0.2) is 17.6 Å². The molecule has 56 valence electrons. The number of hydrogen-bond donors (Lipinski definition) is 2. The van der Waals surface area contributed by atoms with E-state index >= 15 is 0 Å². The Morgan fingerprint density at radius 3 is 3.20 bits per heavy atom. The molecule has 4 heteroatoms. The van der Waals surface area contributed by atoms with E-state index in [4.69, 9.17) is 5.73 Å². The van der Waals surface area contributed by atoms with Gasteiger partial charge in [-0.1, -0.05) is 0 Å². The van der Waals surface area contributed by atoms with Gasteiger partial charge in [-0.3, -0.25) is 4.98 Å². The predicted molar refractivity (Wildman–Crippen MR) is 44.3 cm³/mol. The maximum absolute atomic E-state index is 5.41. The fourth-order valence-corrected chi connectivity index (χ4v) is 1.22. The Kier molecular flexibility index (Phi) is 2.65. The summed E-state index contributed by atoms with van der Waals surface area (Å²) in [6.45, 7) is 2.69. The van der Waals surface area contributed by atoms with Gasteiger partial charge in [0.2, 0.25) is 0 Å². The lowest BCUT2D eigenvalue weighted by Gasteiger charge is -2.08. The Morgan fingerprint density at radius 2 is 2.70 bits per heavy atom. The molecular formula is C6H11N3S. The molecule has 0 aliphatic heterocycles. The molecule has 0 aromatic carbocycles. The molecule has 1 heterocycles. The number of anilines is 1. The molecule has 0 spiro atoms. The highest BCUT2D eigenvalue weighted by Crippen LogP contribution is 2.12. The van der Waals surface area contributed by atoms with E-state index in [-0.39, 0.29) is 0 Å². The maximum atomic E-state index is 5.41. The van der Waals surface area contributed by atoms with Crippen molar-refractivity contribution in [2.45, 2.75) is 13.0 Å². The lowest BCUT2D eigenvalue weighted by Crippen LogP contribution is -2.24. The number of rotatable bonds is 3. The first kappa shape index (κ1) is 7.50. The molecule has 0 amide bonds. The van der Waals surface area contributed by atoms with Crippen LogP contribution in [0.5, 0.6) is 0 Å². The van der Waals surface area contributed by atoms with E-state index in [9.17, 15) is 0 Å². The summed E-state index contributed by atoms with van der Waals surface area (Å²) in [6, 6.07) is 0.334. The molecule has 0 aliphatic carbocycles. The highest BCUT2D eigenvalue weighted by molar-refractivity contribution is 7.13. The summed E-state index contributed by atoms with van der Waals surface area (Å²) in [7, 11) is 0. The number of aromatic nitrogens is 1. The van der Waals surface area contributed by atoms with Crippen LogP contribution < -0.4 is 11.1 Å². The van der Waals surface area contributed by atoms with E-state index in [1.807, 2.05) is 6.92 Å². The normalized spacial score (nSPS) is 13.0. The monoisotopic (exact) mass is 157 g/mol. The highest BCUT2D eigenvalue weighted by atomic mass is 32.1. The maximum Gasteiger partial charge on any atom is 0.109 e. The fourth-order valence-electron chi connectivity index (χ4n) is 0.589. The van der Waals surface area contributed by atoms with Crippen LogP contribution in [0.2, 0.25) is 0 Å². The summed E-state index contributed by atoms with van der Waals surface area (Å²) in [5.41, 5.74) is 7.21. The Bertz CT molecular complexity index is 173. The first-order valence-corrected chi connectivity index (χ1v) is 4.06. The summed E-state index contributed by atoms with van der Waals surface area (Å²) in [4.78, 5) is 3.92. The van der Waals surface area contributed by atoms with Crippen molar-refractivity contribution >= 4 is 16.3 Å². The molecule has 0 bridgehead atoms. The van der Waals surface area contributed by atoms with Crippen LogP contribution in [0.1, 0.15) is 6.92 Å². The van der Waals surface area contributed by atoms with Crippen molar-refractivity contribution in [1.82, 2.24) is 4.98 Å². The minimum Gasteiger partial charge on any atom is -0.372 e. The second kappa shape index (κ2) is 3.53. The standard InChI is InChI=1S/C6H11N3S/c1-5(2-7)9-6-3-8-4-10-6/h3-5,9H,2,7H2,1H3. The van der Waals surface area contributed by atoms with Gasteiger partial charge in [-0.05, 0) is 6.92 Å². The van der Waals surface area contributed by atoms with Crippen molar-refractivity contribution in [1.29, 1.82) is 0 Å². The molecule has 1 atom stereocenters. The quantitative estimate of drug-likeness (QED) is 0.685. The van der Waals surface area contributed by atoms with Gasteiger partial charge in [-0.25, -0.2) is 0 Å². The minimum absolute atomic E-state index is 0.334. The summed E-state index contributed by atoms with van der Waals surface area (Å²) < 4.78 is 0. The van der Waals surface area contributed by atoms with Crippen LogP contribution in [-0.2, 0) is 0 Å². The summed E-state index contributed by atoms with van der Waals surface area (Å²) in [6.07, 6.45) is 1.80. The SMILES string of the molecule is CC(CN)Nc1cncs1. The number of nitrogens with two attached hydrogens (primary N) is 1. The third kappa shape index (κ3) is 1.97. The Balaban J connectivity index is 2.40. The van der Waals surface area contributed by atoms with Gasteiger partial charge in [0, 0.05) is 12.6 Å². The summed E-state index contributed by atoms with van der Waals surface area (Å²) in [5.74, 6) is 0. The average Bonchev–Trinajstić information content (AvgIpc) is 2.40. The summed E-state index contributed by atoms with van der Waals surface area (Å²) >= 11 is 1.59. The van der Waals surface area contributed by atoms with Crippen molar-refractivity contribution < 1.29 is 0 Å². The second-order valence-corrected chi connectivity index (χ2v) is 3.03. The van der Waals surface area contributed by atoms with Crippen molar-refractivity contribution in [2.75, 3.05) is 11.9 Å². The summed E-state index contributed by atoms with van der Waals surface area (Å²) in [5, 5.41) is 4.28. The molecule has 0 aliphatic rings. The highest BCUT2D eigenvalue weighted by Gasteiger charge is 1.98. The molecule has 3 N–H and O–H groups in total. The first-order valence-electron chi connectivity index (χ1n) is 3.18. The van der Waals surface area contributed by atoms with Crippen LogP contribution in [0, 0.1) is 0 Å². The molecule has 10 heavy (non-hydrogen) atoms. The van der Waals surface area contributed by atoms with Crippen molar-refractivity contribution in [3.05, 3.63) is 11.7 Å². The van der Waals surface area contributed by atoms with Crippen LogP contribution in [0.15, 0.2) is 11.7 Å². The minimum atomic E-state index is 0.334. The van der Waals surface area contributed by atoms with Gasteiger partial charge in [0.05, 0.1) is 11.7 Å². The number of nitrogens with one attached hydrogen (secondary N) is 1. The van der Waals surface area contributed by atoms with Gasteiger partial charge in [0.15, 0.2) is 0 Å². The largest absolute Gasteiger partial charge is 0.372 e. The van der Waals surface area contributed by atoms with E-state index < -0.39 is 0 Å². The van der Waals surface area contributed by atoms with Gasteiger partial charge >= 0.3 is 0 Å². The number of nitrogens with zero attached hydrogens (tertiary/aromatic N) is 1. The van der Waals surface area contributed by atoms with Crippen LogP contribution in [0.3, 0.4) is 0 Å². The lowest BCUT2D eigenvalue weighted by molar-refractivity contribution is 0.806. The molecule has 0 saturated carbocycles. The average molecular weight is 157 g/mol. The Labute approximate surface area is 64.3 Å². The second-order valence-electron chi connectivity index (χ2n) is 2.15. The van der Waals surface area contributed by atoms with Crippen LogP contribution >= 0.6 is 11.3 Å². The molecule has 0 radical (unpaired) electrons. The van der Waals surface area contributed by atoms with E-state index in [1.54, 1.807) is 23.0 Å². The third-order valence-corrected chi connectivity index (χ3v) is 1.88. The van der Waals surface area contributed by atoms with Crippen molar-refractivity contribution in [2.24, 2.45) is 5.73 Å². The van der Waals surface area contributed by atoms with Gasteiger partial charge < -0.3 is 11.1 Å². The molecule has 3 nitrogen and oxygen atoms in total. The molecule has 1 aromatic rings. The molecule has 1 aromatic heterocycles. The number of hydrogen-bond acceptors (Lipinski definition) is 4. The van der Waals surface area contributed by atoms with Gasteiger partial charge in [0.1, 0.15) is 5.00 Å². The molecule has 1 rings (SSSR count). The Morgan fingerprint density at radius 1 is 1.90 bits per heavy atom. The third-order valence-electron chi connectivity index (χ3n) is 1.17. The zero-order valence-electron chi connectivity index (χ0n) is 5.87. The predicted octanol–water partition coefficient (Wildman–Crippen LogP) is 0.902. The Hall–Kier alpha value is -0.610. The van der Waals surface area contributed by atoms with Gasteiger partial charge in [-0.15, -0.1) is 11.3 Å². The number of thiazole rings is 1. The van der Waals surface area contributed by atoms with Gasteiger partial charge in [0.25, 0.3) is 0 Å². The lowest BCUT2D eigenvalue weighted by atomic mass is 10.3. The zero-order chi connectivity index (χ0) is 7.40. The molecular weight excluding hydrogens is 146 g/mol. The van der Waals surface area contributed by atoms with E-state index in [2.05, 4.69) is 10.3 Å². The van der Waals surface area contributed by atoms with E-state index in [0.29, 0.717) is 12.6 Å². The van der Waals surface area contributed by atoms with E-state index in [1.165, 1.54) is 0 Å². The molecule has 0 fully saturated rings. The van der Waals surface area contributed by atoms with Crippen LogP contribution in [0.4, 0.5) is 5.00 Å². The first-order chi connectivity index (χ1) is 4.83. The zero-order valence-corrected chi connectivity index (χ0v) is 6.69. The van der Waals surface area contributed by atoms with E-state index in [0.717, 1.165) is 5.00 Å². The van der Waals surface area contributed by atoms with Crippen LogP contribution in [0.25, 0.3) is 0 Å². The topological polar surface area (TPSA) is 50.9 Å². The molecule has 0 saturated heterocycles. The van der Waals surface area contributed by atoms with Crippen molar-refractivity contribution in [3.63, 3.8) is 0 Å². The van der Waals surface area contributed by atoms with Gasteiger partial charge in [-0.2, -0.15) is 0 Å².